The fourth-order valence-electron chi connectivity index (χ4n) is 3.07. The first kappa shape index (κ1) is 19.7. The zero-order valence-corrected chi connectivity index (χ0v) is 15.4. The van der Waals surface area contributed by atoms with Crippen LogP contribution in [0, 0.1) is 0 Å². The quantitative estimate of drug-likeness (QED) is 0.502. The molecule has 138 valence electrons. The van der Waals surface area contributed by atoms with Gasteiger partial charge in [-0.2, -0.15) is 0 Å². The lowest BCUT2D eigenvalue weighted by molar-refractivity contribution is -0.148. The minimum atomic E-state index is -1.42. The van der Waals surface area contributed by atoms with Crippen LogP contribution < -0.4 is 4.90 Å². The van der Waals surface area contributed by atoms with E-state index in [2.05, 4.69) is 6.92 Å². The summed E-state index contributed by atoms with van der Waals surface area (Å²) >= 11 is 0. The molecule has 0 heterocycles. The number of benzene rings is 2. The SMILES string of the molecule is CCCCCCCCN(C(=O)C(=O)O)c1ccccc1-c1ccccc1. The molecule has 0 aliphatic heterocycles. The van der Waals surface area contributed by atoms with Gasteiger partial charge in [-0.25, -0.2) is 4.79 Å². The maximum absolute atomic E-state index is 12.3. The van der Waals surface area contributed by atoms with E-state index in [4.69, 9.17) is 0 Å². The Morgan fingerprint density at radius 2 is 1.46 bits per heavy atom. The largest absolute Gasteiger partial charge is 0.474 e. The monoisotopic (exact) mass is 353 g/mol. The average Bonchev–Trinajstić information content (AvgIpc) is 2.68. The molecule has 26 heavy (non-hydrogen) atoms. The van der Waals surface area contributed by atoms with E-state index in [0.717, 1.165) is 30.4 Å². The molecule has 0 spiro atoms. The van der Waals surface area contributed by atoms with Crippen LogP contribution in [-0.4, -0.2) is 23.5 Å². The molecular weight excluding hydrogens is 326 g/mol. The Labute approximate surface area is 155 Å². The topological polar surface area (TPSA) is 57.6 Å². The zero-order chi connectivity index (χ0) is 18.8. The van der Waals surface area contributed by atoms with E-state index in [-0.39, 0.29) is 0 Å². The zero-order valence-electron chi connectivity index (χ0n) is 15.4. The smallest absolute Gasteiger partial charge is 0.394 e. The summed E-state index contributed by atoms with van der Waals surface area (Å²) in [6.07, 6.45) is 6.50. The van der Waals surface area contributed by atoms with Gasteiger partial charge in [0.05, 0.1) is 5.69 Å². The highest BCUT2D eigenvalue weighted by molar-refractivity contribution is 6.37. The lowest BCUT2D eigenvalue weighted by Crippen LogP contribution is -2.37. The van der Waals surface area contributed by atoms with E-state index in [1.165, 1.54) is 24.2 Å². The van der Waals surface area contributed by atoms with Gasteiger partial charge in [0, 0.05) is 12.1 Å². The number of para-hydroxylation sites is 1. The van der Waals surface area contributed by atoms with Crippen LogP contribution in [0.15, 0.2) is 54.6 Å². The van der Waals surface area contributed by atoms with Crippen LogP contribution in [-0.2, 0) is 9.59 Å². The van der Waals surface area contributed by atoms with Crippen LogP contribution >= 0.6 is 0 Å². The molecule has 2 rings (SSSR count). The summed E-state index contributed by atoms with van der Waals surface area (Å²) in [6, 6.07) is 17.2. The first-order valence-corrected chi connectivity index (χ1v) is 9.34. The number of nitrogens with zero attached hydrogens (tertiary/aromatic N) is 1. The number of carbonyl (C=O) groups excluding carboxylic acids is 1. The molecule has 0 aliphatic carbocycles. The number of hydrogen-bond acceptors (Lipinski definition) is 2. The molecule has 1 amide bonds. The Balaban J connectivity index is 2.20. The Morgan fingerprint density at radius 3 is 2.15 bits per heavy atom. The highest BCUT2D eigenvalue weighted by atomic mass is 16.4. The molecule has 0 atom stereocenters. The van der Waals surface area contributed by atoms with Crippen molar-refractivity contribution in [1.29, 1.82) is 0 Å². The third-order valence-electron chi connectivity index (χ3n) is 4.44. The Hall–Kier alpha value is -2.62. The molecule has 0 aliphatic rings. The van der Waals surface area contributed by atoms with Crippen molar-refractivity contribution < 1.29 is 14.7 Å². The number of anilines is 1. The summed E-state index contributed by atoms with van der Waals surface area (Å²) in [5, 5.41) is 9.26. The standard InChI is InChI=1S/C22H27NO3/c1-2-3-4-5-6-12-17-23(21(24)22(25)26)20-16-11-10-15-19(20)18-13-8-7-9-14-18/h7-11,13-16H,2-6,12,17H2,1H3,(H,25,26). The Kier molecular flexibility index (Phi) is 7.87. The van der Waals surface area contributed by atoms with Crippen molar-refractivity contribution in [3.63, 3.8) is 0 Å². The number of unbranched alkanes of at least 4 members (excludes halogenated alkanes) is 5. The Morgan fingerprint density at radius 1 is 0.846 bits per heavy atom. The van der Waals surface area contributed by atoms with Crippen LogP contribution in [0.3, 0.4) is 0 Å². The summed E-state index contributed by atoms with van der Waals surface area (Å²) < 4.78 is 0. The lowest BCUT2D eigenvalue weighted by Gasteiger charge is -2.24. The molecule has 0 radical (unpaired) electrons. The van der Waals surface area contributed by atoms with E-state index in [1.807, 2.05) is 54.6 Å². The van der Waals surface area contributed by atoms with Gasteiger partial charge >= 0.3 is 11.9 Å². The normalized spacial score (nSPS) is 10.5. The third-order valence-corrected chi connectivity index (χ3v) is 4.44. The number of carboxylic acids is 1. The van der Waals surface area contributed by atoms with E-state index >= 15 is 0 Å². The molecule has 0 unspecified atom stereocenters. The molecule has 2 aromatic rings. The van der Waals surface area contributed by atoms with Gasteiger partial charge in [-0.05, 0) is 18.1 Å². The van der Waals surface area contributed by atoms with Crippen LogP contribution in [0.2, 0.25) is 0 Å². The number of rotatable bonds is 9. The first-order valence-electron chi connectivity index (χ1n) is 9.34. The lowest BCUT2D eigenvalue weighted by atomic mass is 10.0. The van der Waals surface area contributed by atoms with Crippen molar-refractivity contribution >= 4 is 17.6 Å². The summed E-state index contributed by atoms with van der Waals surface area (Å²) in [5.41, 5.74) is 2.49. The molecule has 4 heteroatoms. The van der Waals surface area contributed by atoms with Crippen molar-refractivity contribution in [1.82, 2.24) is 0 Å². The summed E-state index contributed by atoms with van der Waals surface area (Å²) in [5.74, 6) is -2.29. The molecule has 1 N–H and O–H groups in total. The van der Waals surface area contributed by atoms with Crippen molar-refractivity contribution in [2.24, 2.45) is 0 Å². The van der Waals surface area contributed by atoms with Gasteiger partial charge in [-0.1, -0.05) is 87.6 Å². The fraction of sp³-hybridized carbons (Fsp3) is 0.364. The maximum atomic E-state index is 12.3. The van der Waals surface area contributed by atoms with Crippen molar-refractivity contribution in [3.05, 3.63) is 54.6 Å². The minimum absolute atomic E-state index is 0.418. The second-order valence-electron chi connectivity index (χ2n) is 6.41. The summed E-state index contributed by atoms with van der Waals surface area (Å²) in [6.45, 7) is 2.59. The predicted octanol–water partition coefficient (Wildman–Crippen LogP) is 5.13. The Bertz CT molecular complexity index is 712. The van der Waals surface area contributed by atoms with E-state index in [9.17, 15) is 14.7 Å². The average molecular weight is 353 g/mol. The van der Waals surface area contributed by atoms with Crippen LogP contribution in [0.1, 0.15) is 45.4 Å². The second kappa shape index (κ2) is 10.4. The highest BCUT2D eigenvalue weighted by Gasteiger charge is 2.24. The van der Waals surface area contributed by atoms with Gasteiger partial charge in [-0.3, -0.25) is 4.79 Å². The summed E-state index contributed by atoms with van der Waals surface area (Å²) in [7, 11) is 0. The van der Waals surface area contributed by atoms with Gasteiger partial charge in [-0.15, -0.1) is 0 Å². The molecular formula is C22H27NO3. The number of carbonyl (C=O) groups is 2. The number of amides is 1. The molecule has 0 bridgehead atoms. The van der Waals surface area contributed by atoms with Crippen LogP contribution in [0.25, 0.3) is 11.1 Å². The molecule has 0 aromatic heterocycles. The maximum Gasteiger partial charge on any atom is 0.394 e. The minimum Gasteiger partial charge on any atom is -0.474 e. The van der Waals surface area contributed by atoms with E-state index in [0.29, 0.717) is 12.2 Å². The van der Waals surface area contributed by atoms with Crippen LogP contribution in [0.5, 0.6) is 0 Å². The molecule has 0 saturated heterocycles. The first-order chi connectivity index (χ1) is 12.6. The van der Waals surface area contributed by atoms with Crippen molar-refractivity contribution in [2.45, 2.75) is 45.4 Å². The van der Waals surface area contributed by atoms with Gasteiger partial charge in [0.15, 0.2) is 0 Å². The number of hydrogen-bond donors (Lipinski definition) is 1. The second-order valence-corrected chi connectivity index (χ2v) is 6.41. The van der Waals surface area contributed by atoms with Gasteiger partial charge in [0.1, 0.15) is 0 Å². The van der Waals surface area contributed by atoms with Gasteiger partial charge in [0.25, 0.3) is 0 Å². The van der Waals surface area contributed by atoms with Gasteiger partial charge in [0.2, 0.25) is 0 Å². The molecule has 0 fully saturated rings. The van der Waals surface area contributed by atoms with Crippen molar-refractivity contribution in [3.8, 4) is 11.1 Å². The fourth-order valence-corrected chi connectivity index (χ4v) is 3.07. The van der Waals surface area contributed by atoms with Crippen molar-refractivity contribution in [2.75, 3.05) is 11.4 Å². The summed E-state index contributed by atoms with van der Waals surface area (Å²) in [4.78, 5) is 25.1. The van der Waals surface area contributed by atoms with E-state index < -0.39 is 11.9 Å². The van der Waals surface area contributed by atoms with Crippen LogP contribution in [0.4, 0.5) is 5.69 Å². The van der Waals surface area contributed by atoms with Gasteiger partial charge < -0.3 is 10.0 Å². The molecule has 4 nitrogen and oxygen atoms in total. The molecule has 0 saturated carbocycles. The number of aliphatic carboxylic acids is 1. The molecule has 2 aromatic carbocycles. The third kappa shape index (κ3) is 5.45. The highest BCUT2D eigenvalue weighted by Crippen LogP contribution is 2.31. The van der Waals surface area contributed by atoms with E-state index in [1.54, 1.807) is 0 Å². The number of carboxylic acid groups (broad SMARTS) is 1. The predicted molar refractivity (Wildman–Crippen MR) is 105 cm³/mol.